The van der Waals surface area contributed by atoms with Crippen LogP contribution in [-0.2, 0) is 14.3 Å². The zero-order valence-corrected chi connectivity index (χ0v) is 10.0. The van der Waals surface area contributed by atoms with Crippen molar-refractivity contribution >= 4 is 28.5 Å². The van der Waals surface area contributed by atoms with Crippen molar-refractivity contribution in [2.45, 2.75) is 6.42 Å². The van der Waals surface area contributed by atoms with Crippen LogP contribution >= 0.6 is 22.6 Å². The van der Waals surface area contributed by atoms with Crippen molar-refractivity contribution in [2.75, 3.05) is 37.9 Å². The van der Waals surface area contributed by atoms with Gasteiger partial charge < -0.3 is 14.8 Å². The Balaban J connectivity index is 3.11. The van der Waals surface area contributed by atoms with Gasteiger partial charge in [-0.1, -0.05) is 22.6 Å². The van der Waals surface area contributed by atoms with Crippen LogP contribution in [0.5, 0.6) is 0 Å². The van der Waals surface area contributed by atoms with E-state index in [-0.39, 0.29) is 12.5 Å². The van der Waals surface area contributed by atoms with E-state index in [0.29, 0.717) is 13.2 Å². The molecule has 0 rings (SSSR count). The van der Waals surface area contributed by atoms with Crippen molar-refractivity contribution in [3.05, 3.63) is 0 Å². The van der Waals surface area contributed by atoms with Crippen molar-refractivity contribution in [1.29, 1.82) is 0 Å². The summed E-state index contributed by atoms with van der Waals surface area (Å²) >= 11 is 2.27. The van der Waals surface area contributed by atoms with Crippen LogP contribution < -0.4 is 5.32 Å². The van der Waals surface area contributed by atoms with Crippen LogP contribution in [0.3, 0.4) is 0 Å². The average Bonchev–Trinajstić information content (AvgIpc) is 2.13. The predicted molar refractivity (Wildman–Crippen MR) is 59.2 cm³/mol. The number of methoxy groups -OCH3 is 1. The van der Waals surface area contributed by atoms with Crippen LogP contribution in [0.15, 0.2) is 0 Å². The Morgan fingerprint density at radius 1 is 1.46 bits per heavy atom. The highest BCUT2D eigenvalue weighted by Crippen LogP contribution is 1.85. The minimum Gasteiger partial charge on any atom is -0.382 e. The molecule has 0 atom stereocenters. The van der Waals surface area contributed by atoms with Gasteiger partial charge in [-0.05, 0) is 6.42 Å². The molecule has 0 unspecified atom stereocenters. The highest BCUT2D eigenvalue weighted by molar-refractivity contribution is 14.1. The van der Waals surface area contributed by atoms with Gasteiger partial charge in [-0.25, -0.2) is 0 Å². The maximum atomic E-state index is 11.0. The zero-order valence-electron chi connectivity index (χ0n) is 7.85. The monoisotopic (exact) mass is 301 g/mol. The molecule has 0 fully saturated rings. The molecule has 0 aromatic rings. The third-order valence-electron chi connectivity index (χ3n) is 1.30. The number of rotatable bonds is 8. The van der Waals surface area contributed by atoms with Crippen LogP contribution in [0.25, 0.3) is 0 Å². The molecule has 4 nitrogen and oxygen atoms in total. The SMILES string of the molecule is COCCOCC(=O)NCCCI. The highest BCUT2D eigenvalue weighted by Gasteiger charge is 1.98. The number of hydrogen-bond donors (Lipinski definition) is 1. The summed E-state index contributed by atoms with van der Waals surface area (Å²) in [5.74, 6) is -0.0547. The van der Waals surface area contributed by atoms with Gasteiger partial charge in [0.15, 0.2) is 0 Å². The summed E-state index contributed by atoms with van der Waals surface area (Å²) in [5, 5.41) is 2.75. The molecule has 1 N–H and O–H groups in total. The topological polar surface area (TPSA) is 47.6 Å². The lowest BCUT2D eigenvalue weighted by atomic mass is 10.5. The molecule has 0 saturated carbocycles. The van der Waals surface area contributed by atoms with Crippen molar-refractivity contribution in [2.24, 2.45) is 0 Å². The summed E-state index contributed by atoms with van der Waals surface area (Å²) in [4.78, 5) is 11.0. The maximum Gasteiger partial charge on any atom is 0.245 e. The molecule has 0 radical (unpaired) electrons. The molecule has 13 heavy (non-hydrogen) atoms. The highest BCUT2D eigenvalue weighted by atomic mass is 127. The molecule has 78 valence electrons. The Morgan fingerprint density at radius 3 is 2.85 bits per heavy atom. The van der Waals surface area contributed by atoms with Crippen LogP contribution in [0, 0.1) is 0 Å². The van der Waals surface area contributed by atoms with Gasteiger partial charge in [-0.3, -0.25) is 4.79 Å². The van der Waals surface area contributed by atoms with Crippen molar-refractivity contribution in [3.8, 4) is 0 Å². The Kier molecular flexibility index (Phi) is 10.3. The summed E-state index contributed by atoms with van der Waals surface area (Å²) in [6, 6.07) is 0. The number of nitrogens with one attached hydrogen (secondary N) is 1. The fourth-order valence-electron chi connectivity index (χ4n) is 0.653. The van der Waals surface area contributed by atoms with Gasteiger partial charge in [0.05, 0.1) is 13.2 Å². The van der Waals surface area contributed by atoms with E-state index in [4.69, 9.17) is 9.47 Å². The van der Waals surface area contributed by atoms with Crippen molar-refractivity contribution in [1.82, 2.24) is 5.32 Å². The van der Waals surface area contributed by atoms with Gasteiger partial charge in [0.2, 0.25) is 5.91 Å². The van der Waals surface area contributed by atoms with E-state index < -0.39 is 0 Å². The van der Waals surface area contributed by atoms with Crippen LogP contribution in [0.4, 0.5) is 0 Å². The summed E-state index contributed by atoms with van der Waals surface area (Å²) in [7, 11) is 1.60. The third-order valence-corrected chi connectivity index (χ3v) is 2.06. The second-order valence-electron chi connectivity index (χ2n) is 2.44. The number of carbonyl (C=O) groups is 1. The average molecular weight is 301 g/mol. The first-order valence-corrected chi connectivity index (χ1v) is 5.73. The summed E-state index contributed by atoms with van der Waals surface area (Å²) in [6.07, 6.45) is 1.00. The van der Waals surface area contributed by atoms with Gasteiger partial charge in [-0.15, -0.1) is 0 Å². The number of carbonyl (C=O) groups excluding carboxylic acids is 1. The molecule has 0 heterocycles. The molecule has 5 heteroatoms. The zero-order chi connectivity index (χ0) is 9.94. The van der Waals surface area contributed by atoms with Crippen molar-refractivity contribution < 1.29 is 14.3 Å². The number of hydrogen-bond acceptors (Lipinski definition) is 3. The summed E-state index contributed by atoms with van der Waals surface area (Å²) < 4.78 is 10.9. The Bertz CT molecular complexity index is 133. The molecule has 0 bridgehead atoms. The van der Waals surface area contributed by atoms with Gasteiger partial charge >= 0.3 is 0 Å². The van der Waals surface area contributed by atoms with Crippen LogP contribution in [0.1, 0.15) is 6.42 Å². The van der Waals surface area contributed by atoms with E-state index in [0.717, 1.165) is 17.4 Å². The first-order chi connectivity index (χ1) is 6.31. The Morgan fingerprint density at radius 2 is 2.23 bits per heavy atom. The minimum atomic E-state index is -0.0547. The molecular formula is C8H16INO3. The van der Waals surface area contributed by atoms with E-state index in [1.165, 1.54) is 0 Å². The minimum absolute atomic E-state index is 0.0547. The molecule has 1 amide bonds. The normalized spacial score (nSPS) is 10.0. The van der Waals surface area contributed by atoms with Gasteiger partial charge in [-0.2, -0.15) is 0 Å². The fourth-order valence-corrected chi connectivity index (χ4v) is 1.03. The molecule has 0 aliphatic rings. The van der Waals surface area contributed by atoms with Crippen molar-refractivity contribution in [3.63, 3.8) is 0 Å². The van der Waals surface area contributed by atoms with E-state index in [9.17, 15) is 4.79 Å². The molecule has 0 aliphatic carbocycles. The van der Waals surface area contributed by atoms with E-state index in [2.05, 4.69) is 27.9 Å². The van der Waals surface area contributed by atoms with Crippen LogP contribution in [0.2, 0.25) is 0 Å². The van der Waals surface area contributed by atoms with Crippen LogP contribution in [-0.4, -0.2) is 43.8 Å². The lowest BCUT2D eigenvalue weighted by molar-refractivity contribution is -0.126. The molecule has 0 aromatic heterocycles. The maximum absolute atomic E-state index is 11.0. The number of amides is 1. The Labute approximate surface area is 92.5 Å². The third kappa shape index (κ3) is 10.0. The fraction of sp³-hybridized carbons (Fsp3) is 0.875. The van der Waals surface area contributed by atoms with E-state index >= 15 is 0 Å². The first-order valence-electron chi connectivity index (χ1n) is 4.20. The number of halogens is 1. The molecule has 0 saturated heterocycles. The lowest BCUT2D eigenvalue weighted by Gasteiger charge is -2.04. The molecule has 0 aromatic carbocycles. The summed E-state index contributed by atoms with van der Waals surface area (Å²) in [6.45, 7) is 1.86. The lowest BCUT2D eigenvalue weighted by Crippen LogP contribution is -2.29. The number of alkyl halides is 1. The second kappa shape index (κ2) is 10.2. The standard InChI is InChI=1S/C8H16INO3/c1-12-5-6-13-7-8(11)10-4-2-3-9/h2-7H2,1H3,(H,10,11). The largest absolute Gasteiger partial charge is 0.382 e. The quantitative estimate of drug-likeness (QED) is 0.405. The van der Waals surface area contributed by atoms with E-state index in [1.54, 1.807) is 7.11 Å². The summed E-state index contributed by atoms with van der Waals surface area (Å²) in [5.41, 5.74) is 0. The molecular weight excluding hydrogens is 285 g/mol. The van der Waals surface area contributed by atoms with Gasteiger partial charge in [0, 0.05) is 18.1 Å². The second-order valence-corrected chi connectivity index (χ2v) is 3.52. The van der Waals surface area contributed by atoms with Gasteiger partial charge in [0.25, 0.3) is 0 Å². The smallest absolute Gasteiger partial charge is 0.245 e. The first kappa shape index (κ1) is 13.1. The number of ether oxygens (including phenoxy) is 2. The van der Waals surface area contributed by atoms with E-state index in [1.807, 2.05) is 0 Å². The molecule has 0 spiro atoms. The molecule has 0 aliphatic heterocycles. The van der Waals surface area contributed by atoms with Gasteiger partial charge in [0.1, 0.15) is 6.61 Å². The predicted octanol–water partition coefficient (Wildman–Crippen LogP) is 0.591. The Hall–Kier alpha value is 0.120.